The van der Waals surface area contributed by atoms with Crippen LogP contribution in [0.3, 0.4) is 0 Å². The monoisotopic (exact) mass is 731 g/mol. The Morgan fingerprint density at radius 1 is 0.882 bits per heavy atom. The van der Waals surface area contributed by atoms with Crippen LogP contribution in [-0.4, -0.2) is 100 Å². The van der Waals surface area contributed by atoms with E-state index in [9.17, 15) is 32.3 Å². The van der Waals surface area contributed by atoms with Crippen molar-refractivity contribution in [3.05, 3.63) is 64.2 Å². The molecule has 4 amide bonds. The van der Waals surface area contributed by atoms with Crippen molar-refractivity contribution in [3.63, 3.8) is 0 Å². The summed E-state index contributed by atoms with van der Waals surface area (Å²) in [5, 5.41) is 11.6. The first-order valence-electron chi connectivity index (χ1n) is 17.9. The molecule has 0 spiro atoms. The van der Waals surface area contributed by atoms with Gasteiger partial charge in [0.1, 0.15) is 0 Å². The van der Waals surface area contributed by atoms with E-state index in [2.05, 4.69) is 5.32 Å². The average Bonchev–Trinajstić information content (AvgIpc) is 3.11. The maximum absolute atomic E-state index is 14.1. The van der Waals surface area contributed by atoms with E-state index in [4.69, 9.17) is 16.7 Å². The van der Waals surface area contributed by atoms with Gasteiger partial charge < -0.3 is 25.1 Å². The maximum Gasteiger partial charge on any atom is 0.417 e. The number of benzene rings is 2. The number of hydrogen-bond donors (Lipinski definition) is 2. The van der Waals surface area contributed by atoms with Crippen LogP contribution in [0.25, 0.3) is 0 Å². The number of anilines is 1. The van der Waals surface area contributed by atoms with Gasteiger partial charge >= 0.3 is 18.2 Å². The van der Waals surface area contributed by atoms with E-state index in [1.165, 1.54) is 12.1 Å². The molecule has 3 fully saturated rings. The number of carbonyl (C=O) groups excluding carboxylic acids is 3. The number of hydrogen-bond acceptors (Lipinski definition) is 5. The lowest BCUT2D eigenvalue weighted by molar-refractivity contribution is -0.143. The predicted octanol–water partition coefficient (Wildman–Crippen LogP) is 5.98. The smallest absolute Gasteiger partial charge is 0.417 e. The number of carboxylic acids is 1. The van der Waals surface area contributed by atoms with E-state index < -0.39 is 28.6 Å². The van der Waals surface area contributed by atoms with Crippen molar-refractivity contribution >= 4 is 41.1 Å². The second kappa shape index (κ2) is 15.8. The molecule has 6 rings (SSSR count). The van der Waals surface area contributed by atoms with E-state index in [1.54, 1.807) is 14.7 Å². The van der Waals surface area contributed by atoms with Gasteiger partial charge in [-0.3, -0.25) is 19.3 Å². The first-order chi connectivity index (χ1) is 24.4. The third-order valence-electron chi connectivity index (χ3n) is 11.2. The van der Waals surface area contributed by atoms with Crippen molar-refractivity contribution in [2.75, 3.05) is 51.1 Å². The lowest BCUT2D eigenvalue weighted by atomic mass is 9.78. The van der Waals surface area contributed by atoms with E-state index in [1.807, 2.05) is 29.2 Å². The molecule has 3 saturated heterocycles. The minimum atomic E-state index is -4.66. The van der Waals surface area contributed by atoms with Crippen LogP contribution in [0.5, 0.6) is 0 Å². The Kier molecular flexibility index (Phi) is 11.5. The highest BCUT2D eigenvalue weighted by Crippen LogP contribution is 2.37. The average molecular weight is 732 g/mol. The summed E-state index contributed by atoms with van der Waals surface area (Å²) in [6, 6.07) is 11.1. The number of fused-ring (bicyclic) bond motifs is 1. The van der Waals surface area contributed by atoms with Crippen molar-refractivity contribution in [3.8, 4) is 0 Å². The molecular weight excluding hydrogens is 687 g/mol. The van der Waals surface area contributed by atoms with E-state index in [0.29, 0.717) is 57.4 Å². The molecule has 0 aliphatic carbocycles. The van der Waals surface area contributed by atoms with Crippen LogP contribution in [0.15, 0.2) is 42.5 Å². The molecular formula is C37H45ClF3N5O5. The molecule has 0 saturated carbocycles. The Labute approximate surface area is 300 Å². The molecule has 0 bridgehead atoms. The van der Waals surface area contributed by atoms with Crippen molar-refractivity contribution < 1.29 is 37.5 Å². The van der Waals surface area contributed by atoms with Gasteiger partial charge in [-0.15, -0.1) is 0 Å². The van der Waals surface area contributed by atoms with E-state index >= 15 is 0 Å². The molecule has 4 aliphatic heterocycles. The molecule has 1 unspecified atom stereocenters. The van der Waals surface area contributed by atoms with Gasteiger partial charge in [0.25, 0.3) is 0 Å². The number of nitrogens with one attached hydrogen (secondary N) is 1. The first kappa shape index (κ1) is 36.9. The first-order valence-corrected chi connectivity index (χ1v) is 18.3. The summed E-state index contributed by atoms with van der Waals surface area (Å²) in [4.78, 5) is 59.0. The summed E-state index contributed by atoms with van der Waals surface area (Å²) in [6.45, 7) is 3.82. The number of urea groups is 1. The van der Waals surface area contributed by atoms with Crippen molar-refractivity contribution in [2.45, 2.75) is 70.1 Å². The molecule has 14 heteroatoms. The zero-order valence-electron chi connectivity index (χ0n) is 28.5. The fourth-order valence-electron chi connectivity index (χ4n) is 8.36. The number of halogens is 4. The molecule has 10 nitrogen and oxygen atoms in total. The third-order valence-corrected chi connectivity index (χ3v) is 11.5. The Bertz CT molecular complexity index is 1600. The summed E-state index contributed by atoms with van der Waals surface area (Å²) < 4.78 is 41.2. The molecule has 276 valence electrons. The van der Waals surface area contributed by atoms with Crippen molar-refractivity contribution in [1.29, 1.82) is 0 Å². The second-order valence-corrected chi connectivity index (χ2v) is 14.8. The van der Waals surface area contributed by atoms with Crippen LogP contribution in [0.1, 0.15) is 61.6 Å². The minimum Gasteiger partial charge on any atom is -0.480 e. The van der Waals surface area contributed by atoms with Gasteiger partial charge in [-0.25, -0.2) is 4.79 Å². The number of para-hydroxylation sites is 1. The highest BCUT2D eigenvalue weighted by atomic mass is 35.5. The van der Waals surface area contributed by atoms with E-state index in [-0.39, 0.29) is 48.8 Å². The minimum absolute atomic E-state index is 0.0311. The maximum atomic E-state index is 14.1. The standard InChI is InChI=1S/C37H45ClF3N5O5/c38-31-6-5-24(20-30(31)37(39,40)41)19-28(35(50)45-15-9-26(10-16-45)25-7-13-43(14-8-25)23-34(48)49)21-33(47)44-17-11-29(12-18-44)46-22-27-3-1-2-4-32(27)42-36(46)51/h1-6,20,25-26,28-29H,7-19,21-23H2,(H,42,51)(H,48,49). The molecule has 4 heterocycles. The van der Waals surface area contributed by atoms with Gasteiger partial charge in [0, 0.05) is 50.9 Å². The summed E-state index contributed by atoms with van der Waals surface area (Å²) in [7, 11) is 0. The number of likely N-dealkylation sites (tertiary alicyclic amines) is 3. The number of nitrogens with zero attached hydrogens (tertiary/aromatic N) is 4. The molecule has 2 N–H and O–H groups in total. The van der Waals surface area contributed by atoms with Crippen molar-refractivity contribution in [2.24, 2.45) is 17.8 Å². The molecule has 51 heavy (non-hydrogen) atoms. The number of aliphatic carboxylic acids is 1. The van der Waals surface area contributed by atoms with Crippen LogP contribution in [0.2, 0.25) is 5.02 Å². The lowest BCUT2D eigenvalue weighted by Crippen LogP contribution is -2.51. The van der Waals surface area contributed by atoms with Crippen LogP contribution in [0, 0.1) is 17.8 Å². The Hall–Kier alpha value is -3.84. The number of rotatable bonds is 9. The number of alkyl halides is 3. The highest BCUT2D eigenvalue weighted by Gasteiger charge is 2.38. The van der Waals surface area contributed by atoms with Gasteiger partial charge in [-0.05, 0) is 99.2 Å². The van der Waals surface area contributed by atoms with Gasteiger partial charge in [-0.2, -0.15) is 13.2 Å². The molecule has 1 atom stereocenters. The topological polar surface area (TPSA) is 114 Å². The Morgan fingerprint density at radius 2 is 1.51 bits per heavy atom. The highest BCUT2D eigenvalue weighted by molar-refractivity contribution is 6.31. The predicted molar refractivity (Wildman–Crippen MR) is 185 cm³/mol. The van der Waals surface area contributed by atoms with Crippen molar-refractivity contribution in [1.82, 2.24) is 19.6 Å². The SMILES string of the molecule is O=C(O)CN1CCC(C2CCN(C(=O)C(CC(=O)N3CCC(N4Cc5ccccc5NC4=O)CC3)Cc3ccc(Cl)c(C(F)(F)F)c3)CC2)CC1. The Balaban J connectivity index is 1.09. The normalized spacial score (nSPS) is 20.5. The largest absolute Gasteiger partial charge is 0.480 e. The zero-order chi connectivity index (χ0) is 36.3. The molecule has 2 aromatic carbocycles. The van der Waals surface area contributed by atoms with Crippen LogP contribution in [-0.2, 0) is 33.5 Å². The van der Waals surface area contributed by atoms with Crippen LogP contribution in [0.4, 0.5) is 23.7 Å². The van der Waals surface area contributed by atoms with Crippen LogP contribution >= 0.6 is 11.6 Å². The Morgan fingerprint density at radius 3 is 2.16 bits per heavy atom. The third kappa shape index (κ3) is 8.97. The lowest BCUT2D eigenvalue weighted by Gasteiger charge is -2.41. The summed E-state index contributed by atoms with van der Waals surface area (Å²) in [6.07, 6.45) is -0.269. The number of carboxylic acid groups (broad SMARTS) is 1. The molecule has 2 aromatic rings. The zero-order valence-corrected chi connectivity index (χ0v) is 29.3. The van der Waals surface area contributed by atoms with Crippen LogP contribution < -0.4 is 5.32 Å². The van der Waals surface area contributed by atoms with Gasteiger partial charge in [0.2, 0.25) is 11.8 Å². The summed E-state index contributed by atoms with van der Waals surface area (Å²) in [5.41, 5.74) is 1.14. The summed E-state index contributed by atoms with van der Waals surface area (Å²) >= 11 is 5.88. The quantitative estimate of drug-likeness (QED) is 0.328. The summed E-state index contributed by atoms with van der Waals surface area (Å²) in [5.74, 6) is -1.29. The number of amides is 4. The van der Waals surface area contributed by atoms with Gasteiger partial charge in [0.05, 0.1) is 23.0 Å². The molecule has 4 aliphatic rings. The van der Waals surface area contributed by atoms with E-state index in [0.717, 1.165) is 56.1 Å². The van der Waals surface area contributed by atoms with Gasteiger partial charge in [0.15, 0.2) is 0 Å². The number of piperidine rings is 3. The fraction of sp³-hybridized carbons (Fsp3) is 0.568. The second-order valence-electron chi connectivity index (χ2n) is 14.4. The fourth-order valence-corrected chi connectivity index (χ4v) is 8.58. The molecule has 0 radical (unpaired) electrons. The molecule has 0 aromatic heterocycles. The number of carbonyl (C=O) groups is 4. The van der Waals surface area contributed by atoms with Gasteiger partial charge in [-0.1, -0.05) is 35.9 Å².